The molecular formula is C25H42N2O19. The number of carboxylic acids is 1. The molecule has 3 aliphatic rings. The van der Waals surface area contributed by atoms with E-state index < -0.39 is 142 Å². The number of aliphatic carboxylic acids is 1. The van der Waals surface area contributed by atoms with Crippen LogP contribution in [0.1, 0.15) is 20.3 Å². The van der Waals surface area contributed by atoms with Crippen molar-refractivity contribution in [2.24, 2.45) is 0 Å². The lowest BCUT2D eigenvalue weighted by atomic mass is 9.90. The van der Waals surface area contributed by atoms with Gasteiger partial charge in [-0.05, 0) is 0 Å². The number of nitrogens with one attached hydrogen (secondary N) is 2. The number of aliphatic hydroxyl groups is 10. The monoisotopic (exact) mass is 674 g/mol. The molecule has 0 aromatic heterocycles. The van der Waals surface area contributed by atoms with Crippen molar-refractivity contribution in [2.75, 3.05) is 19.8 Å². The number of carboxylic acid groups (broad SMARTS) is 1. The van der Waals surface area contributed by atoms with Crippen LogP contribution in [0.25, 0.3) is 0 Å². The minimum atomic E-state index is -3.12. The van der Waals surface area contributed by atoms with Crippen molar-refractivity contribution in [3.8, 4) is 0 Å². The Morgan fingerprint density at radius 2 is 1.35 bits per heavy atom. The lowest BCUT2D eigenvalue weighted by Crippen LogP contribution is -2.70. The average molecular weight is 675 g/mol. The van der Waals surface area contributed by atoms with Gasteiger partial charge in [-0.1, -0.05) is 0 Å². The molecule has 3 saturated heterocycles. The molecule has 1 unspecified atom stereocenters. The van der Waals surface area contributed by atoms with E-state index in [1.165, 1.54) is 0 Å². The molecule has 13 N–H and O–H groups in total. The molecule has 16 atom stereocenters. The lowest BCUT2D eigenvalue weighted by molar-refractivity contribution is -0.358. The number of carbonyl (C=O) groups is 3. The highest BCUT2D eigenvalue weighted by atomic mass is 16.7. The molecule has 3 aliphatic heterocycles. The summed E-state index contributed by atoms with van der Waals surface area (Å²) >= 11 is 0. The Bertz CT molecular complexity index is 1050. The van der Waals surface area contributed by atoms with E-state index in [0.717, 1.165) is 13.8 Å². The second kappa shape index (κ2) is 15.8. The van der Waals surface area contributed by atoms with Crippen molar-refractivity contribution in [1.82, 2.24) is 10.6 Å². The number of aliphatic hydroxyl groups excluding tert-OH is 9. The van der Waals surface area contributed by atoms with Gasteiger partial charge in [0.25, 0.3) is 5.79 Å². The van der Waals surface area contributed by atoms with Crippen LogP contribution >= 0.6 is 0 Å². The van der Waals surface area contributed by atoms with Gasteiger partial charge >= 0.3 is 5.97 Å². The molecule has 21 nitrogen and oxygen atoms in total. The van der Waals surface area contributed by atoms with Crippen LogP contribution in [0.3, 0.4) is 0 Å². The molecule has 3 heterocycles. The molecule has 0 aliphatic carbocycles. The zero-order valence-electron chi connectivity index (χ0n) is 24.7. The standard InChI is InChI=1S/C25H42N2O19/c1-7(31)26-13-18(37)16(35)11(5-29)43-23(13)45-20-12(6-30)44-22(14(19(20)38)27-8(2)32)42-10-3-25(41,24(39)40)46-21(17(10)36)15(34)9(33)4-28/h9-23,28-30,33-38,41H,3-6H2,1-2H3,(H,26,31)(H,27,32)(H,39,40)/t9-,10+,11-,12-,13-,14-,15-,16-,17-,18-,19-,20-,21+,22-,23+,25?/m1/s1. The van der Waals surface area contributed by atoms with E-state index in [9.17, 15) is 70.6 Å². The highest BCUT2D eigenvalue weighted by molar-refractivity contribution is 5.75. The molecule has 266 valence electrons. The van der Waals surface area contributed by atoms with E-state index in [1.807, 2.05) is 0 Å². The number of amides is 2. The fourth-order valence-corrected chi connectivity index (χ4v) is 5.47. The molecule has 3 rings (SSSR count). The van der Waals surface area contributed by atoms with Gasteiger partial charge < -0.3 is 90.5 Å². The molecule has 0 aromatic carbocycles. The van der Waals surface area contributed by atoms with Crippen molar-refractivity contribution in [1.29, 1.82) is 0 Å². The Hall–Kier alpha value is -2.19. The summed E-state index contributed by atoms with van der Waals surface area (Å²) in [6, 6.07) is -3.12. The van der Waals surface area contributed by atoms with E-state index in [1.54, 1.807) is 0 Å². The zero-order chi connectivity index (χ0) is 34.7. The summed E-state index contributed by atoms with van der Waals surface area (Å²) in [5, 5.41) is 117. The third-order valence-electron chi connectivity index (χ3n) is 7.85. The topological polar surface area (TPSA) is 344 Å². The van der Waals surface area contributed by atoms with Gasteiger partial charge in [-0.25, -0.2) is 4.79 Å². The fraction of sp³-hybridized carbons (Fsp3) is 0.880. The van der Waals surface area contributed by atoms with Crippen molar-refractivity contribution >= 4 is 17.8 Å². The van der Waals surface area contributed by atoms with Crippen molar-refractivity contribution in [3.63, 3.8) is 0 Å². The molecule has 2 amide bonds. The highest BCUT2D eigenvalue weighted by Crippen LogP contribution is 2.36. The van der Waals surface area contributed by atoms with Crippen LogP contribution < -0.4 is 10.6 Å². The molecule has 21 heteroatoms. The van der Waals surface area contributed by atoms with Gasteiger partial charge in [0.05, 0.1) is 25.9 Å². The zero-order valence-corrected chi connectivity index (χ0v) is 24.7. The summed E-state index contributed by atoms with van der Waals surface area (Å²) in [6.07, 6.45) is -24.5. The predicted octanol–water partition coefficient (Wildman–Crippen LogP) is -8.08. The first-order chi connectivity index (χ1) is 21.5. The predicted molar refractivity (Wildman–Crippen MR) is 142 cm³/mol. The second-order valence-electron chi connectivity index (χ2n) is 11.3. The van der Waals surface area contributed by atoms with Crippen molar-refractivity contribution < 1.29 is 94.2 Å². The minimum Gasteiger partial charge on any atom is -0.477 e. The number of rotatable bonds is 12. The molecule has 3 fully saturated rings. The smallest absolute Gasteiger partial charge is 0.364 e. The molecule has 0 saturated carbocycles. The Balaban J connectivity index is 1.92. The average Bonchev–Trinajstić information content (AvgIpc) is 2.99. The van der Waals surface area contributed by atoms with Gasteiger partial charge in [0.15, 0.2) is 12.6 Å². The highest BCUT2D eigenvalue weighted by Gasteiger charge is 2.57. The van der Waals surface area contributed by atoms with Gasteiger partial charge in [-0.3, -0.25) is 9.59 Å². The molecule has 0 radical (unpaired) electrons. The maximum absolute atomic E-state index is 12.1. The number of hydrogen-bond acceptors (Lipinski definition) is 18. The maximum Gasteiger partial charge on any atom is 0.364 e. The summed E-state index contributed by atoms with van der Waals surface area (Å²) in [5.74, 6) is -6.57. The Morgan fingerprint density at radius 3 is 1.85 bits per heavy atom. The van der Waals surface area contributed by atoms with Crippen molar-refractivity contribution in [2.45, 2.75) is 118 Å². The Kier molecular flexibility index (Phi) is 13.1. The normalized spacial score (nSPS) is 42.9. The summed E-state index contributed by atoms with van der Waals surface area (Å²) in [6.45, 7) is -0.658. The Morgan fingerprint density at radius 1 is 0.826 bits per heavy atom. The van der Waals surface area contributed by atoms with Gasteiger partial charge in [-0.2, -0.15) is 0 Å². The van der Waals surface area contributed by atoms with Gasteiger partial charge in [-0.15, -0.1) is 0 Å². The van der Waals surface area contributed by atoms with Crippen LogP contribution in [0.15, 0.2) is 0 Å². The van der Waals surface area contributed by atoms with Gasteiger partial charge in [0.1, 0.15) is 73.1 Å². The molecular weight excluding hydrogens is 632 g/mol. The van der Waals surface area contributed by atoms with E-state index >= 15 is 0 Å². The summed E-state index contributed by atoms with van der Waals surface area (Å²) < 4.78 is 27.7. The van der Waals surface area contributed by atoms with Gasteiger partial charge in [0.2, 0.25) is 11.8 Å². The van der Waals surface area contributed by atoms with E-state index in [4.69, 9.17) is 23.7 Å². The third kappa shape index (κ3) is 8.26. The first-order valence-corrected chi connectivity index (χ1v) is 14.2. The molecule has 0 spiro atoms. The van der Waals surface area contributed by atoms with Crippen LogP contribution in [0.2, 0.25) is 0 Å². The van der Waals surface area contributed by atoms with Gasteiger partial charge in [0, 0.05) is 20.3 Å². The quantitative estimate of drug-likeness (QED) is 0.0913. The van der Waals surface area contributed by atoms with Crippen LogP contribution in [-0.4, -0.2) is 191 Å². The fourth-order valence-electron chi connectivity index (χ4n) is 5.47. The minimum absolute atomic E-state index is 0.689. The van der Waals surface area contributed by atoms with Crippen LogP contribution in [0.5, 0.6) is 0 Å². The molecule has 0 bridgehead atoms. The first kappa shape index (κ1) is 38.3. The molecule has 0 aromatic rings. The Labute approximate surface area is 260 Å². The lowest BCUT2D eigenvalue weighted by Gasteiger charge is -2.49. The maximum atomic E-state index is 12.1. The summed E-state index contributed by atoms with van der Waals surface area (Å²) in [7, 11) is 0. The number of hydrogen-bond donors (Lipinski definition) is 13. The number of ether oxygens (including phenoxy) is 5. The van der Waals surface area contributed by atoms with Crippen molar-refractivity contribution in [3.05, 3.63) is 0 Å². The van der Waals surface area contributed by atoms with Crippen LogP contribution in [0, 0.1) is 0 Å². The van der Waals surface area contributed by atoms with Crippen LogP contribution in [-0.2, 0) is 38.1 Å². The first-order valence-electron chi connectivity index (χ1n) is 14.2. The third-order valence-corrected chi connectivity index (χ3v) is 7.85. The van der Waals surface area contributed by atoms with E-state index in [0.29, 0.717) is 0 Å². The number of carbonyl (C=O) groups excluding carboxylic acids is 2. The SMILES string of the molecule is CC(=O)N[C@H]1[C@H](O[C@H]2CC(O)(C(=O)O)O[C@@H]([C@H](O)[C@H](O)CO)[C@@H]2O)O[C@H](CO)[C@@H](O[C@@H]2O[C@H](CO)[C@@H](O)[C@H](O)[C@H]2NC(C)=O)[C@@H]1O. The second-order valence-corrected chi connectivity index (χ2v) is 11.3. The van der Waals surface area contributed by atoms with Crippen LogP contribution in [0.4, 0.5) is 0 Å². The largest absolute Gasteiger partial charge is 0.477 e. The van der Waals surface area contributed by atoms with E-state index in [-0.39, 0.29) is 0 Å². The summed E-state index contributed by atoms with van der Waals surface area (Å²) in [5.41, 5.74) is 0. The van der Waals surface area contributed by atoms with E-state index in [2.05, 4.69) is 10.6 Å². The summed E-state index contributed by atoms with van der Waals surface area (Å²) in [4.78, 5) is 35.8. The molecule has 46 heavy (non-hydrogen) atoms.